The molecule has 0 saturated heterocycles. The van der Waals surface area contributed by atoms with Gasteiger partial charge in [-0.25, -0.2) is 9.97 Å². The summed E-state index contributed by atoms with van der Waals surface area (Å²) in [6, 6.07) is 14.6. The Morgan fingerprint density at radius 2 is 1.81 bits per heavy atom. The van der Waals surface area contributed by atoms with E-state index >= 15 is 0 Å². The quantitative estimate of drug-likeness (QED) is 0.505. The first-order chi connectivity index (χ1) is 10.3. The molecule has 4 rings (SSSR count). The third-order valence-electron chi connectivity index (χ3n) is 3.81. The zero-order chi connectivity index (χ0) is 14.4. The standard InChI is InChI=1S/C17H14BrN3/c1-11-6-7-15-12(10-11)16-17(21(15)9-8-18)20-14-5-3-2-4-13(14)19-16/h2-7,10H,8-9H2,1H3. The second-order valence-electron chi connectivity index (χ2n) is 5.25. The highest BCUT2D eigenvalue weighted by molar-refractivity contribution is 9.09. The highest BCUT2D eigenvalue weighted by Gasteiger charge is 2.14. The molecule has 4 heteroatoms. The molecule has 0 aliphatic carbocycles. The summed E-state index contributed by atoms with van der Waals surface area (Å²) in [6.07, 6.45) is 0. The molecule has 0 N–H and O–H groups in total. The summed E-state index contributed by atoms with van der Waals surface area (Å²) in [5.41, 5.74) is 6.30. The first kappa shape index (κ1) is 12.8. The fourth-order valence-corrected chi connectivity index (χ4v) is 3.21. The van der Waals surface area contributed by atoms with Gasteiger partial charge in [-0.2, -0.15) is 0 Å². The lowest BCUT2D eigenvalue weighted by Crippen LogP contribution is -2.00. The van der Waals surface area contributed by atoms with Crippen molar-refractivity contribution in [2.75, 3.05) is 5.33 Å². The van der Waals surface area contributed by atoms with Crippen molar-refractivity contribution in [1.29, 1.82) is 0 Å². The van der Waals surface area contributed by atoms with Crippen LogP contribution >= 0.6 is 15.9 Å². The van der Waals surface area contributed by atoms with Crippen LogP contribution in [0.4, 0.5) is 0 Å². The van der Waals surface area contributed by atoms with Gasteiger partial charge in [-0.05, 0) is 31.2 Å². The van der Waals surface area contributed by atoms with E-state index in [9.17, 15) is 0 Å². The van der Waals surface area contributed by atoms with E-state index in [-0.39, 0.29) is 0 Å². The highest BCUT2D eigenvalue weighted by atomic mass is 79.9. The van der Waals surface area contributed by atoms with E-state index in [0.717, 1.165) is 34.1 Å². The molecular formula is C17H14BrN3. The zero-order valence-corrected chi connectivity index (χ0v) is 13.3. The van der Waals surface area contributed by atoms with Gasteiger partial charge in [0.25, 0.3) is 0 Å². The number of fused-ring (bicyclic) bond motifs is 4. The Kier molecular flexibility index (Phi) is 2.93. The van der Waals surface area contributed by atoms with Crippen LogP contribution in [0.5, 0.6) is 0 Å². The Labute approximate surface area is 130 Å². The largest absolute Gasteiger partial charge is 0.323 e. The van der Waals surface area contributed by atoms with Crippen molar-refractivity contribution < 1.29 is 0 Å². The van der Waals surface area contributed by atoms with Gasteiger partial charge in [0.05, 0.1) is 16.6 Å². The van der Waals surface area contributed by atoms with E-state index in [0.29, 0.717) is 0 Å². The van der Waals surface area contributed by atoms with Crippen molar-refractivity contribution in [2.24, 2.45) is 0 Å². The molecule has 21 heavy (non-hydrogen) atoms. The number of hydrogen-bond donors (Lipinski definition) is 0. The van der Waals surface area contributed by atoms with Crippen molar-refractivity contribution in [3.63, 3.8) is 0 Å². The molecule has 0 radical (unpaired) electrons. The molecule has 2 aromatic carbocycles. The smallest absolute Gasteiger partial charge is 0.160 e. The number of hydrogen-bond acceptors (Lipinski definition) is 2. The van der Waals surface area contributed by atoms with Gasteiger partial charge in [0.15, 0.2) is 5.65 Å². The fraction of sp³-hybridized carbons (Fsp3) is 0.176. The van der Waals surface area contributed by atoms with Gasteiger partial charge in [0.2, 0.25) is 0 Å². The molecule has 0 unspecified atom stereocenters. The van der Waals surface area contributed by atoms with Crippen molar-refractivity contribution in [1.82, 2.24) is 14.5 Å². The van der Waals surface area contributed by atoms with E-state index in [4.69, 9.17) is 9.97 Å². The van der Waals surface area contributed by atoms with Crippen LogP contribution in [-0.4, -0.2) is 19.9 Å². The highest BCUT2D eigenvalue weighted by Crippen LogP contribution is 2.29. The van der Waals surface area contributed by atoms with Crippen molar-refractivity contribution in [3.8, 4) is 0 Å². The monoisotopic (exact) mass is 339 g/mol. The number of halogens is 1. The van der Waals surface area contributed by atoms with Crippen molar-refractivity contribution in [2.45, 2.75) is 13.5 Å². The van der Waals surface area contributed by atoms with Crippen LogP contribution in [0.2, 0.25) is 0 Å². The number of alkyl halides is 1. The first-order valence-electron chi connectivity index (χ1n) is 6.99. The lowest BCUT2D eigenvalue weighted by atomic mass is 10.1. The number of rotatable bonds is 2. The van der Waals surface area contributed by atoms with Crippen LogP contribution in [0.15, 0.2) is 42.5 Å². The minimum atomic E-state index is 0.885. The molecule has 0 fully saturated rings. The summed E-state index contributed by atoms with van der Waals surface area (Å²) in [4.78, 5) is 9.69. The van der Waals surface area contributed by atoms with Crippen molar-refractivity contribution >= 4 is 49.0 Å². The minimum absolute atomic E-state index is 0.885. The first-order valence-corrected chi connectivity index (χ1v) is 8.11. The molecule has 0 saturated carbocycles. The zero-order valence-electron chi connectivity index (χ0n) is 11.7. The molecule has 0 amide bonds. The number of benzene rings is 2. The number of nitrogens with zero attached hydrogens (tertiary/aromatic N) is 3. The molecule has 3 nitrogen and oxygen atoms in total. The van der Waals surface area contributed by atoms with Gasteiger partial charge >= 0.3 is 0 Å². The predicted octanol–water partition coefficient (Wildman–Crippen LogP) is 4.44. The molecule has 4 aromatic rings. The van der Waals surface area contributed by atoms with Gasteiger partial charge in [-0.15, -0.1) is 0 Å². The second-order valence-corrected chi connectivity index (χ2v) is 6.04. The van der Waals surface area contributed by atoms with Gasteiger partial charge in [-0.3, -0.25) is 0 Å². The summed E-state index contributed by atoms with van der Waals surface area (Å²) in [5.74, 6) is 0. The summed E-state index contributed by atoms with van der Waals surface area (Å²) in [6.45, 7) is 3.00. The average molecular weight is 340 g/mol. The van der Waals surface area contributed by atoms with Crippen LogP contribution in [0.1, 0.15) is 5.56 Å². The maximum atomic E-state index is 4.85. The maximum Gasteiger partial charge on any atom is 0.160 e. The summed E-state index contributed by atoms with van der Waals surface area (Å²) in [5, 5.41) is 2.08. The Hall–Kier alpha value is -1.94. The summed E-state index contributed by atoms with van der Waals surface area (Å²) < 4.78 is 2.25. The Morgan fingerprint density at radius 3 is 2.57 bits per heavy atom. The Bertz CT molecular complexity index is 972. The van der Waals surface area contributed by atoms with E-state index < -0.39 is 0 Å². The second kappa shape index (κ2) is 4.81. The number of aryl methyl sites for hydroxylation is 2. The minimum Gasteiger partial charge on any atom is -0.323 e. The van der Waals surface area contributed by atoms with Gasteiger partial charge < -0.3 is 4.57 Å². The molecule has 2 aromatic heterocycles. The van der Waals surface area contributed by atoms with E-state index in [1.807, 2.05) is 24.3 Å². The van der Waals surface area contributed by atoms with Crippen LogP contribution in [0.25, 0.3) is 33.1 Å². The van der Waals surface area contributed by atoms with E-state index in [1.54, 1.807) is 0 Å². The molecule has 104 valence electrons. The van der Waals surface area contributed by atoms with Gasteiger partial charge in [0.1, 0.15) is 5.52 Å². The van der Waals surface area contributed by atoms with Gasteiger partial charge in [-0.1, -0.05) is 39.7 Å². The Morgan fingerprint density at radius 1 is 1.05 bits per heavy atom. The van der Waals surface area contributed by atoms with E-state index in [1.165, 1.54) is 16.5 Å². The third kappa shape index (κ3) is 1.94. The SMILES string of the molecule is Cc1ccc2c(c1)c1nc3ccccc3nc1n2CCBr. The Balaban J connectivity index is 2.22. The summed E-state index contributed by atoms with van der Waals surface area (Å²) >= 11 is 3.54. The molecule has 0 atom stereocenters. The fourth-order valence-electron chi connectivity index (χ4n) is 2.86. The summed E-state index contributed by atoms with van der Waals surface area (Å²) in [7, 11) is 0. The van der Waals surface area contributed by atoms with Crippen LogP contribution in [-0.2, 0) is 6.54 Å². The van der Waals surface area contributed by atoms with Gasteiger partial charge in [0, 0.05) is 17.3 Å². The molecule has 0 aliphatic rings. The molecule has 2 heterocycles. The average Bonchev–Trinajstić information content (AvgIpc) is 2.79. The van der Waals surface area contributed by atoms with Crippen molar-refractivity contribution in [3.05, 3.63) is 48.0 Å². The normalized spacial score (nSPS) is 11.7. The topological polar surface area (TPSA) is 30.7 Å². The number of aromatic nitrogens is 3. The van der Waals surface area contributed by atoms with E-state index in [2.05, 4.69) is 45.6 Å². The molecule has 0 spiro atoms. The van der Waals surface area contributed by atoms with Crippen LogP contribution < -0.4 is 0 Å². The molecule has 0 aliphatic heterocycles. The molecule has 0 bridgehead atoms. The maximum absolute atomic E-state index is 4.85. The van der Waals surface area contributed by atoms with Crippen LogP contribution in [0.3, 0.4) is 0 Å². The lowest BCUT2D eigenvalue weighted by Gasteiger charge is -2.04. The molecular weight excluding hydrogens is 326 g/mol. The lowest BCUT2D eigenvalue weighted by molar-refractivity contribution is 0.832. The predicted molar refractivity (Wildman–Crippen MR) is 91.1 cm³/mol. The third-order valence-corrected chi connectivity index (χ3v) is 4.17. The number of para-hydroxylation sites is 2. The van der Waals surface area contributed by atoms with Crippen LogP contribution in [0, 0.1) is 6.92 Å².